The number of piperidine rings is 1. The molecular formula is C26H27F3N4O3. The lowest BCUT2D eigenvalue weighted by Gasteiger charge is -2.39. The van der Waals surface area contributed by atoms with Crippen molar-refractivity contribution in [3.8, 4) is 0 Å². The van der Waals surface area contributed by atoms with Crippen LogP contribution in [0.1, 0.15) is 36.9 Å². The molecule has 1 N–H and O–H groups in total. The van der Waals surface area contributed by atoms with Crippen molar-refractivity contribution in [2.75, 3.05) is 20.3 Å². The fourth-order valence-corrected chi connectivity index (χ4v) is 5.11. The van der Waals surface area contributed by atoms with Crippen LogP contribution in [0.4, 0.5) is 13.2 Å². The standard InChI is InChI=1S/C26H27F3N4O3/c1-16-13-32(15-30-16)22-7-5-17(6-8-23(22)35-2)10-18-4-3-9-33-25(18)31-36-26(33,14-34)24-20(28)11-19(27)12-21(24)29/h5,7,10-13,15,17,34H,3-4,6,8-9,14H2,1-2H3/b18-10+. The second-order valence-electron chi connectivity index (χ2n) is 9.14. The minimum Gasteiger partial charge on any atom is -0.499 e. The number of halogens is 3. The largest absolute Gasteiger partial charge is 0.499 e. The maximum absolute atomic E-state index is 14.7. The van der Waals surface area contributed by atoms with E-state index in [0.717, 1.165) is 29.1 Å². The zero-order valence-corrected chi connectivity index (χ0v) is 20.0. The summed E-state index contributed by atoms with van der Waals surface area (Å²) in [6.07, 6.45) is 12.7. The zero-order chi connectivity index (χ0) is 25.4. The molecule has 1 aromatic heterocycles. The number of methoxy groups -OCH3 is 1. The molecule has 2 aliphatic heterocycles. The van der Waals surface area contributed by atoms with Crippen molar-refractivity contribution >= 4 is 11.5 Å². The lowest BCUT2D eigenvalue weighted by Crippen LogP contribution is -2.52. The number of ether oxygens (including phenoxy) is 1. The van der Waals surface area contributed by atoms with E-state index >= 15 is 0 Å². The maximum atomic E-state index is 14.7. The first-order valence-electron chi connectivity index (χ1n) is 11.8. The fourth-order valence-electron chi connectivity index (χ4n) is 5.11. The van der Waals surface area contributed by atoms with Gasteiger partial charge in [-0.2, -0.15) is 0 Å². The van der Waals surface area contributed by atoms with Crippen molar-refractivity contribution in [3.05, 3.63) is 82.9 Å². The molecule has 7 nitrogen and oxygen atoms in total. The van der Waals surface area contributed by atoms with Gasteiger partial charge < -0.3 is 24.1 Å². The zero-order valence-electron chi connectivity index (χ0n) is 20.0. The molecule has 190 valence electrons. The Balaban J connectivity index is 1.44. The van der Waals surface area contributed by atoms with Crippen molar-refractivity contribution in [2.45, 2.75) is 38.3 Å². The Morgan fingerprint density at radius 1 is 1.25 bits per heavy atom. The van der Waals surface area contributed by atoms with E-state index in [-0.39, 0.29) is 5.92 Å². The summed E-state index contributed by atoms with van der Waals surface area (Å²) in [5.41, 5.74) is 0.210. The van der Waals surface area contributed by atoms with Crippen LogP contribution < -0.4 is 0 Å². The number of benzene rings is 1. The topological polar surface area (TPSA) is 72.1 Å². The molecule has 10 heteroatoms. The van der Waals surface area contributed by atoms with Crippen LogP contribution in [-0.2, 0) is 15.3 Å². The van der Waals surface area contributed by atoms with Gasteiger partial charge in [0.15, 0.2) is 5.84 Å². The number of imidazole rings is 1. The summed E-state index contributed by atoms with van der Waals surface area (Å²) in [6.45, 7) is 1.53. The lowest BCUT2D eigenvalue weighted by atomic mass is 9.92. The van der Waals surface area contributed by atoms with Gasteiger partial charge in [0.25, 0.3) is 5.72 Å². The van der Waals surface area contributed by atoms with Gasteiger partial charge in [0, 0.05) is 31.3 Å². The smallest absolute Gasteiger partial charge is 0.266 e. The second kappa shape index (κ2) is 9.50. The summed E-state index contributed by atoms with van der Waals surface area (Å²) in [6, 6.07) is 1.15. The minimum atomic E-state index is -1.90. The Labute approximate surface area is 206 Å². The van der Waals surface area contributed by atoms with E-state index in [2.05, 4.69) is 22.3 Å². The van der Waals surface area contributed by atoms with Gasteiger partial charge in [0.1, 0.15) is 29.8 Å². The van der Waals surface area contributed by atoms with Crippen LogP contribution in [0.3, 0.4) is 0 Å². The Morgan fingerprint density at radius 3 is 2.69 bits per heavy atom. The molecular weight excluding hydrogens is 473 g/mol. The minimum absolute atomic E-state index is 0.0401. The van der Waals surface area contributed by atoms with Crippen molar-refractivity contribution in [3.63, 3.8) is 0 Å². The molecule has 2 aromatic rings. The summed E-state index contributed by atoms with van der Waals surface area (Å²) in [4.78, 5) is 11.4. The van der Waals surface area contributed by atoms with Crippen molar-refractivity contribution in [2.24, 2.45) is 11.1 Å². The molecule has 0 bridgehead atoms. The third kappa shape index (κ3) is 4.09. The number of hydrogen-bond acceptors (Lipinski definition) is 6. The second-order valence-corrected chi connectivity index (χ2v) is 9.14. The molecule has 0 radical (unpaired) electrons. The highest BCUT2D eigenvalue weighted by molar-refractivity contribution is 6.00. The van der Waals surface area contributed by atoms with E-state index in [1.165, 1.54) is 0 Å². The lowest BCUT2D eigenvalue weighted by molar-refractivity contribution is -0.141. The number of nitrogens with zero attached hydrogens (tertiary/aromatic N) is 4. The van der Waals surface area contributed by atoms with Crippen LogP contribution in [0, 0.1) is 30.3 Å². The molecule has 1 aliphatic carbocycles. The monoisotopic (exact) mass is 500 g/mol. The first kappa shape index (κ1) is 24.2. The molecule has 36 heavy (non-hydrogen) atoms. The molecule has 3 aliphatic rings. The van der Waals surface area contributed by atoms with Gasteiger partial charge in [-0.25, -0.2) is 18.2 Å². The van der Waals surface area contributed by atoms with Gasteiger partial charge in [-0.15, -0.1) is 0 Å². The Morgan fingerprint density at radius 2 is 2.03 bits per heavy atom. The molecule has 1 fully saturated rings. The molecule has 5 rings (SSSR count). The van der Waals surface area contributed by atoms with Gasteiger partial charge in [-0.1, -0.05) is 17.3 Å². The van der Waals surface area contributed by atoms with E-state index in [1.54, 1.807) is 18.3 Å². The number of rotatable bonds is 5. The number of hydrogen-bond donors (Lipinski definition) is 1. The Kier molecular flexibility index (Phi) is 6.38. The molecule has 0 saturated carbocycles. The van der Waals surface area contributed by atoms with E-state index in [4.69, 9.17) is 9.57 Å². The summed E-state index contributed by atoms with van der Waals surface area (Å²) in [5.74, 6) is -2.02. The number of fused-ring (bicyclic) bond motifs is 1. The van der Waals surface area contributed by atoms with Gasteiger partial charge in [-0.05, 0) is 43.8 Å². The fraction of sp³-hybridized carbons (Fsp3) is 0.385. The van der Waals surface area contributed by atoms with Crippen LogP contribution in [0.25, 0.3) is 5.70 Å². The van der Waals surface area contributed by atoms with Crippen molar-refractivity contribution in [1.29, 1.82) is 0 Å². The number of aliphatic hydroxyl groups excluding tert-OH is 1. The molecule has 1 aromatic carbocycles. The summed E-state index contributed by atoms with van der Waals surface area (Å²) in [7, 11) is 1.65. The normalized spacial score (nSPS) is 25.1. The van der Waals surface area contributed by atoms with Crippen LogP contribution >= 0.6 is 0 Å². The number of allylic oxidation sites excluding steroid dienone is 5. The average Bonchev–Trinajstić information content (AvgIpc) is 3.38. The quantitative estimate of drug-likeness (QED) is 0.650. The van der Waals surface area contributed by atoms with Gasteiger partial charge in [0.05, 0.1) is 30.4 Å². The molecule has 2 unspecified atom stereocenters. The van der Waals surface area contributed by atoms with Crippen molar-refractivity contribution < 1.29 is 27.9 Å². The number of oxime groups is 1. The Hall–Kier alpha value is -3.53. The molecule has 0 amide bonds. The van der Waals surface area contributed by atoms with E-state index in [0.29, 0.717) is 43.8 Å². The van der Waals surface area contributed by atoms with Crippen LogP contribution in [0.5, 0.6) is 0 Å². The van der Waals surface area contributed by atoms with E-state index in [9.17, 15) is 18.3 Å². The molecule has 2 atom stereocenters. The number of aryl methyl sites for hydroxylation is 1. The molecule has 1 saturated heterocycles. The van der Waals surface area contributed by atoms with Crippen LogP contribution in [0.2, 0.25) is 0 Å². The van der Waals surface area contributed by atoms with Crippen LogP contribution in [-0.4, -0.2) is 45.7 Å². The Bertz CT molecular complexity index is 1280. The highest BCUT2D eigenvalue weighted by Crippen LogP contribution is 2.42. The van der Waals surface area contributed by atoms with Gasteiger partial charge in [-0.3, -0.25) is 0 Å². The number of aliphatic hydroxyl groups is 1. The average molecular weight is 501 g/mol. The summed E-state index contributed by atoms with van der Waals surface area (Å²) in [5, 5.41) is 14.4. The third-order valence-electron chi connectivity index (χ3n) is 6.84. The predicted molar refractivity (Wildman–Crippen MR) is 127 cm³/mol. The first-order valence-corrected chi connectivity index (χ1v) is 11.8. The summed E-state index contributed by atoms with van der Waals surface area (Å²) >= 11 is 0. The van der Waals surface area contributed by atoms with E-state index < -0.39 is 35.3 Å². The van der Waals surface area contributed by atoms with Crippen LogP contribution in [0.15, 0.2) is 59.4 Å². The molecule has 0 spiro atoms. The first-order chi connectivity index (χ1) is 17.4. The highest BCUT2D eigenvalue weighted by Gasteiger charge is 2.52. The van der Waals surface area contributed by atoms with Gasteiger partial charge >= 0.3 is 0 Å². The summed E-state index contributed by atoms with van der Waals surface area (Å²) < 4.78 is 50.6. The predicted octanol–water partition coefficient (Wildman–Crippen LogP) is 4.60. The highest BCUT2D eigenvalue weighted by atomic mass is 19.1. The maximum Gasteiger partial charge on any atom is 0.266 e. The third-order valence-corrected chi connectivity index (χ3v) is 6.84. The van der Waals surface area contributed by atoms with E-state index in [1.807, 2.05) is 23.8 Å². The number of amidine groups is 1. The van der Waals surface area contributed by atoms with Gasteiger partial charge in [0.2, 0.25) is 0 Å². The van der Waals surface area contributed by atoms with Crippen molar-refractivity contribution in [1.82, 2.24) is 14.5 Å². The number of aromatic nitrogens is 2. The SMILES string of the molecule is COC1=C(n2cnc(C)c2)C=CC(/C=C2\CCCN3C2=NOC3(CO)c2c(F)cc(F)cc2F)CC1. The molecule has 3 heterocycles.